The van der Waals surface area contributed by atoms with Gasteiger partial charge in [-0.2, -0.15) is 42.0 Å². The number of rotatable bonds is 22. The van der Waals surface area contributed by atoms with Crippen LogP contribution in [0.25, 0.3) is 0 Å². The Morgan fingerprint density at radius 3 is 1.91 bits per heavy atom. The fourth-order valence-electron chi connectivity index (χ4n) is 5.30. The number of carboxylic acid groups (broad SMARTS) is 1. The minimum absolute atomic E-state index is 0.0129. The van der Waals surface area contributed by atoms with Gasteiger partial charge in [-0.05, 0) is 91.7 Å². The molecule has 0 spiro atoms. The quantitative estimate of drug-likeness (QED) is 0.00869. The van der Waals surface area contributed by atoms with Crippen molar-refractivity contribution in [1.82, 2.24) is 15.0 Å². The number of nitrogens with zero attached hydrogens (tertiary/aromatic N) is 8. The Kier molecular flexibility index (Phi) is 16.8. The first kappa shape index (κ1) is 49.6. The molecular formula is C37H38ClN11O13S3. The van der Waals surface area contributed by atoms with Crippen molar-refractivity contribution in [1.29, 1.82) is 0 Å². The van der Waals surface area contributed by atoms with Gasteiger partial charge < -0.3 is 21.1 Å². The number of nitrogens with one attached hydrogen (secondary N) is 3. The third-order valence-corrected chi connectivity index (χ3v) is 11.6. The molecule has 0 unspecified atom stereocenters. The van der Waals surface area contributed by atoms with Crippen LogP contribution < -0.4 is 16.0 Å². The average Bonchev–Trinajstić information content (AvgIpc) is 3.22. The van der Waals surface area contributed by atoms with Gasteiger partial charge >= 0.3 is 16.4 Å². The summed E-state index contributed by atoms with van der Waals surface area (Å²) < 4.78 is 95.0. The van der Waals surface area contributed by atoms with Crippen molar-refractivity contribution in [2.45, 2.75) is 36.5 Å². The second kappa shape index (κ2) is 22.0. The number of hydrogen-bond donors (Lipinski definition) is 7. The molecule has 0 fully saturated rings. The predicted molar refractivity (Wildman–Crippen MR) is 236 cm³/mol. The highest BCUT2D eigenvalue weighted by Crippen LogP contribution is 2.39. The van der Waals surface area contributed by atoms with Gasteiger partial charge in [0.15, 0.2) is 9.84 Å². The van der Waals surface area contributed by atoms with Crippen molar-refractivity contribution in [2.24, 2.45) is 25.4 Å². The molecule has 344 valence electrons. The number of benzene rings is 4. The predicted octanol–water partition coefficient (Wildman–Crippen LogP) is 7.77. The molecule has 28 heteroatoms. The summed E-state index contributed by atoms with van der Waals surface area (Å²) in [4.78, 5) is 31.6. The largest absolute Gasteiger partial charge is 0.481 e. The van der Waals surface area contributed by atoms with E-state index in [0.29, 0.717) is 34.7 Å². The Labute approximate surface area is 376 Å². The first-order valence-electron chi connectivity index (χ1n) is 18.5. The molecule has 0 bridgehead atoms. The molecule has 7 N–H and O–H groups in total. The third kappa shape index (κ3) is 15.4. The number of aliphatic carboxylic acids is 1. The number of aliphatic imine (C=N–C) groups is 1. The standard InChI is InChI=1S/C37H38ClN11O13S3/c1-22-4-6-24(7-5-22)46-48-30-18-23(2)27(39-13-3-15-61-52)19-28(30)41-36-43-35(38)44-37(45-36)42-29-20-32(40-14-12-34(50)51)33(64(55,56)57)21-31(29)49-47-25-8-10-26(11-9-25)63(53,54)17-16-62-65(58,59)60/h4-11,13,18-21,40,52H,3,12,14-17H2,1-2H3,(H,50,51)(H,55,56,57)(H,58,59,60)(H2,41,42,43,44,45). The lowest BCUT2D eigenvalue weighted by atomic mass is 10.1. The number of azo groups is 2. The Bertz CT molecular complexity index is 2960. The fourth-order valence-corrected chi connectivity index (χ4v) is 7.62. The SMILES string of the molecule is Cc1ccc(N=Nc2cc(C)c(N=CCCOO)cc2Nc2nc(Cl)nc(Nc3cc(NCCC(=O)O)c(S(=O)(=O)O)cc3N=Nc3ccc(S(=O)(=O)CCOS(=O)(=O)O)cc3)n2)cc1. The van der Waals surface area contributed by atoms with E-state index in [2.05, 4.69) is 65.4 Å². The van der Waals surface area contributed by atoms with Crippen LogP contribution in [0.15, 0.2) is 108 Å². The Morgan fingerprint density at radius 1 is 0.754 bits per heavy atom. The summed E-state index contributed by atoms with van der Waals surface area (Å²) in [6.45, 7) is 2.61. The van der Waals surface area contributed by atoms with Crippen molar-refractivity contribution in [3.8, 4) is 0 Å². The zero-order valence-corrected chi connectivity index (χ0v) is 37.1. The summed E-state index contributed by atoms with van der Waals surface area (Å²) in [6, 6.07) is 17.4. The monoisotopic (exact) mass is 975 g/mol. The van der Waals surface area contributed by atoms with E-state index >= 15 is 0 Å². The fraction of sp³-hybridized carbons (Fsp3) is 0.216. The van der Waals surface area contributed by atoms with E-state index < -0.39 is 60.0 Å². The second-order valence-electron chi connectivity index (χ2n) is 13.3. The van der Waals surface area contributed by atoms with Crippen LogP contribution in [-0.4, -0.2) is 97.4 Å². The smallest absolute Gasteiger partial charge is 0.397 e. The topological polar surface area (TPSA) is 355 Å². The number of halogens is 1. The van der Waals surface area contributed by atoms with Gasteiger partial charge in [0.25, 0.3) is 10.1 Å². The van der Waals surface area contributed by atoms with Crippen molar-refractivity contribution in [2.75, 3.05) is 41.5 Å². The number of carbonyl (C=O) groups is 1. The summed E-state index contributed by atoms with van der Waals surface area (Å²) >= 11 is 6.37. The maximum Gasteiger partial charge on any atom is 0.397 e. The number of aromatic nitrogens is 3. The third-order valence-electron chi connectivity index (χ3n) is 8.37. The summed E-state index contributed by atoms with van der Waals surface area (Å²) in [5.41, 5.74) is 2.88. The van der Waals surface area contributed by atoms with Gasteiger partial charge in [-0.3, -0.25) is 24.1 Å². The molecule has 0 aliphatic rings. The summed E-state index contributed by atoms with van der Waals surface area (Å²) in [5, 5.41) is 43.1. The van der Waals surface area contributed by atoms with Crippen LogP contribution in [0.5, 0.6) is 0 Å². The minimum Gasteiger partial charge on any atom is -0.481 e. The van der Waals surface area contributed by atoms with E-state index in [1.165, 1.54) is 12.1 Å². The first-order valence-corrected chi connectivity index (χ1v) is 23.4. The summed E-state index contributed by atoms with van der Waals surface area (Å²) in [5.74, 6) is -2.38. The summed E-state index contributed by atoms with van der Waals surface area (Å²) in [6.07, 6.45) is 1.40. The second-order valence-corrected chi connectivity index (χ2v) is 18.2. The van der Waals surface area contributed by atoms with Gasteiger partial charge in [0.05, 0.1) is 64.4 Å². The molecule has 1 aromatic heterocycles. The lowest BCUT2D eigenvalue weighted by Gasteiger charge is -2.15. The van der Waals surface area contributed by atoms with Gasteiger partial charge in [0.2, 0.25) is 17.2 Å². The van der Waals surface area contributed by atoms with Gasteiger partial charge in [0, 0.05) is 19.2 Å². The number of sulfone groups is 1. The zero-order chi connectivity index (χ0) is 47.4. The molecule has 24 nitrogen and oxygen atoms in total. The molecule has 5 rings (SSSR count). The van der Waals surface area contributed by atoms with Crippen molar-refractivity contribution in [3.05, 3.63) is 89.2 Å². The molecule has 1 heterocycles. The Balaban J connectivity index is 1.53. The van der Waals surface area contributed by atoms with Gasteiger partial charge in [0.1, 0.15) is 16.3 Å². The van der Waals surface area contributed by atoms with Crippen LogP contribution in [0, 0.1) is 13.8 Å². The molecular weight excluding hydrogens is 938 g/mol. The Hall–Kier alpha value is -6.43. The van der Waals surface area contributed by atoms with Crippen molar-refractivity contribution < 1.29 is 58.6 Å². The van der Waals surface area contributed by atoms with E-state index in [0.717, 1.165) is 29.8 Å². The van der Waals surface area contributed by atoms with Crippen LogP contribution in [0.3, 0.4) is 0 Å². The van der Waals surface area contributed by atoms with Crippen LogP contribution in [0.1, 0.15) is 24.0 Å². The van der Waals surface area contributed by atoms with E-state index in [4.69, 9.17) is 21.4 Å². The zero-order valence-electron chi connectivity index (χ0n) is 33.9. The number of carboxylic acids is 1. The lowest BCUT2D eigenvalue weighted by molar-refractivity contribution is -0.239. The van der Waals surface area contributed by atoms with E-state index in [1.54, 1.807) is 37.4 Å². The lowest BCUT2D eigenvalue weighted by Crippen LogP contribution is -2.15. The highest BCUT2D eigenvalue weighted by atomic mass is 35.5. The Morgan fingerprint density at radius 2 is 1.34 bits per heavy atom. The first-order chi connectivity index (χ1) is 30.7. The summed E-state index contributed by atoms with van der Waals surface area (Å²) in [7, 11) is -14.0. The van der Waals surface area contributed by atoms with Crippen LogP contribution in [-0.2, 0) is 44.2 Å². The van der Waals surface area contributed by atoms with Crippen LogP contribution >= 0.6 is 11.6 Å². The maximum absolute atomic E-state index is 12.7. The van der Waals surface area contributed by atoms with E-state index in [1.807, 2.05) is 19.1 Å². The molecule has 0 aliphatic carbocycles. The molecule has 0 aliphatic heterocycles. The highest BCUT2D eigenvalue weighted by Gasteiger charge is 2.22. The van der Waals surface area contributed by atoms with E-state index in [-0.39, 0.29) is 58.0 Å². The molecule has 65 heavy (non-hydrogen) atoms. The van der Waals surface area contributed by atoms with Gasteiger partial charge in [-0.25, -0.2) is 17.5 Å². The highest BCUT2D eigenvalue weighted by molar-refractivity contribution is 7.91. The molecule has 0 saturated heterocycles. The van der Waals surface area contributed by atoms with Gasteiger partial charge in [-0.15, -0.1) is 10.2 Å². The average molecular weight is 976 g/mol. The number of hydrogen-bond acceptors (Lipinski definition) is 21. The molecule has 0 radical (unpaired) electrons. The van der Waals surface area contributed by atoms with Crippen molar-refractivity contribution >= 4 is 112 Å². The molecule has 0 saturated carbocycles. The maximum atomic E-state index is 12.7. The normalized spacial score (nSPS) is 12.3. The molecule has 5 aromatic rings. The number of aryl methyl sites for hydroxylation is 2. The molecule has 0 amide bonds. The number of anilines is 5. The van der Waals surface area contributed by atoms with Crippen LogP contribution in [0.2, 0.25) is 5.28 Å². The molecule has 0 atom stereocenters. The van der Waals surface area contributed by atoms with Crippen molar-refractivity contribution in [3.63, 3.8) is 0 Å². The van der Waals surface area contributed by atoms with Gasteiger partial charge in [-0.1, -0.05) is 17.7 Å². The molecule has 4 aromatic carbocycles. The van der Waals surface area contributed by atoms with Crippen LogP contribution in [0.4, 0.5) is 57.4 Å². The van der Waals surface area contributed by atoms with E-state index in [9.17, 15) is 39.7 Å². The minimum atomic E-state index is -5.00.